The minimum Gasteiger partial charge on any atom is -0.342 e. The van der Waals surface area contributed by atoms with Crippen molar-refractivity contribution in [3.8, 4) is 0 Å². The molecule has 1 aliphatic heterocycles. The molecule has 1 fully saturated rings. The van der Waals surface area contributed by atoms with Crippen LogP contribution in [0, 0.1) is 5.92 Å². The van der Waals surface area contributed by atoms with Crippen molar-refractivity contribution in [1.29, 1.82) is 0 Å². The number of Topliss-reactive ketones (excluding diaryl/α,β-unsaturated/α-hetero) is 1. The van der Waals surface area contributed by atoms with Crippen LogP contribution in [0.1, 0.15) is 68.3 Å². The Hall–Kier alpha value is -1.39. The molecule has 5 heteroatoms. The van der Waals surface area contributed by atoms with E-state index in [0.717, 1.165) is 32.4 Å². The summed E-state index contributed by atoms with van der Waals surface area (Å²) in [6, 6.07) is 7.96. The third-order valence-electron chi connectivity index (χ3n) is 5.21. The van der Waals surface area contributed by atoms with Crippen molar-refractivity contribution in [2.24, 2.45) is 11.7 Å². The molecule has 2 rings (SSSR count). The molecule has 26 heavy (non-hydrogen) atoms. The van der Waals surface area contributed by atoms with E-state index in [1.807, 2.05) is 36.1 Å². The largest absolute Gasteiger partial charge is 0.342 e. The summed E-state index contributed by atoms with van der Waals surface area (Å²) in [5.74, 6) is 0.512. The normalized spacial score (nSPS) is 18.1. The number of ketones is 1. The number of carbonyl (C=O) groups is 2. The topological polar surface area (TPSA) is 63.4 Å². The summed E-state index contributed by atoms with van der Waals surface area (Å²) in [5.41, 5.74) is 7.95. The zero-order valence-electron chi connectivity index (χ0n) is 16.1. The van der Waals surface area contributed by atoms with Gasteiger partial charge < -0.3 is 10.6 Å². The van der Waals surface area contributed by atoms with Crippen LogP contribution in [-0.2, 0) is 11.2 Å². The van der Waals surface area contributed by atoms with Gasteiger partial charge in [0, 0.05) is 37.5 Å². The Morgan fingerprint density at radius 1 is 1.23 bits per heavy atom. The van der Waals surface area contributed by atoms with Crippen molar-refractivity contribution in [2.75, 3.05) is 13.1 Å². The van der Waals surface area contributed by atoms with Gasteiger partial charge in [-0.2, -0.15) is 0 Å². The number of hydrogen-bond donors (Lipinski definition) is 1. The van der Waals surface area contributed by atoms with Gasteiger partial charge in [0.1, 0.15) is 0 Å². The molecule has 0 spiro atoms. The van der Waals surface area contributed by atoms with Crippen molar-refractivity contribution >= 4 is 24.1 Å². The van der Waals surface area contributed by atoms with Gasteiger partial charge in [-0.15, -0.1) is 12.4 Å². The number of hydrogen-bond acceptors (Lipinski definition) is 3. The van der Waals surface area contributed by atoms with Gasteiger partial charge >= 0.3 is 0 Å². The number of benzene rings is 1. The minimum absolute atomic E-state index is 0. The lowest BCUT2D eigenvalue weighted by molar-refractivity contribution is -0.133. The molecule has 0 bridgehead atoms. The Labute approximate surface area is 163 Å². The van der Waals surface area contributed by atoms with Crippen LogP contribution < -0.4 is 5.73 Å². The number of halogens is 1. The van der Waals surface area contributed by atoms with Crippen LogP contribution >= 0.6 is 12.4 Å². The maximum Gasteiger partial charge on any atom is 0.223 e. The molecule has 146 valence electrons. The van der Waals surface area contributed by atoms with E-state index < -0.39 is 0 Å². The number of unbranched alkanes of at least 4 members (excludes halogenated alkanes) is 1. The monoisotopic (exact) mass is 380 g/mol. The first-order chi connectivity index (χ1) is 12.0. The highest BCUT2D eigenvalue weighted by Gasteiger charge is 2.25. The molecule has 0 aromatic heterocycles. The highest BCUT2D eigenvalue weighted by Crippen LogP contribution is 2.20. The van der Waals surface area contributed by atoms with E-state index in [0.29, 0.717) is 17.9 Å². The molecule has 1 heterocycles. The Kier molecular flexibility index (Phi) is 9.89. The second-order valence-corrected chi connectivity index (χ2v) is 7.32. The standard InChI is InChI=1S/C21H32N2O2.ClH/c1-3-4-6-17-8-10-18(11-9-17)20(24)12-13-21(25)23-14-5-7-19(15-23)16(2)22;/h8-11,16,19H,3-7,12-15,22H2,1-2H3;1H. The first-order valence-corrected chi connectivity index (χ1v) is 9.66. The fourth-order valence-electron chi connectivity index (χ4n) is 3.43. The summed E-state index contributed by atoms with van der Waals surface area (Å²) < 4.78 is 0. The molecule has 1 amide bonds. The highest BCUT2D eigenvalue weighted by molar-refractivity contribution is 5.98. The van der Waals surface area contributed by atoms with Gasteiger partial charge in [-0.1, -0.05) is 37.6 Å². The van der Waals surface area contributed by atoms with Crippen LogP contribution in [-0.4, -0.2) is 35.7 Å². The van der Waals surface area contributed by atoms with Gasteiger partial charge in [0.25, 0.3) is 0 Å². The molecular weight excluding hydrogens is 348 g/mol. The van der Waals surface area contributed by atoms with Gasteiger partial charge in [-0.25, -0.2) is 0 Å². The number of likely N-dealkylation sites (tertiary alicyclic amines) is 1. The summed E-state index contributed by atoms with van der Waals surface area (Å²) in [5, 5.41) is 0. The Balaban J connectivity index is 0.00000338. The molecule has 1 saturated heterocycles. The van der Waals surface area contributed by atoms with Crippen LogP contribution in [0.25, 0.3) is 0 Å². The number of amides is 1. The Morgan fingerprint density at radius 3 is 2.54 bits per heavy atom. The molecule has 0 aliphatic carbocycles. The van der Waals surface area contributed by atoms with Crippen molar-refractivity contribution in [3.63, 3.8) is 0 Å². The first-order valence-electron chi connectivity index (χ1n) is 9.66. The van der Waals surface area contributed by atoms with Crippen LogP contribution in [0.3, 0.4) is 0 Å². The van der Waals surface area contributed by atoms with E-state index in [4.69, 9.17) is 5.73 Å². The number of nitrogens with two attached hydrogens (primary N) is 1. The zero-order valence-corrected chi connectivity index (χ0v) is 16.9. The van der Waals surface area contributed by atoms with Gasteiger partial charge in [0.05, 0.1) is 0 Å². The molecule has 2 N–H and O–H groups in total. The lowest BCUT2D eigenvalue weighted by atomic mass is 9.92. The maximum absolute atomic E-state index is 12.4. The van der Waals surface area contributed by atoms with Crippen molar-refractivity contribution in [2.45, 2.75) is 64.8 Å². The predicted octanol–water partition coefficient (Wildman–Crippen LogP) is 4.00. The summed E-state index contributed by atoms with van der Waals surface area (Å²) >= 11 is 0. The lowest BCUT2D eigenvalue weighted by Crippen LogP contribution is -2.45. The van der Waals surface area contributed by atoms with Gasteiger partial charge in [0.2, 0.25) is 5.91 Å². The quantitative estimate of drug-likeness (QED) is 0.693. The molecule has 0 radical (unpaired) electrons. The molecule has 0 saturated carbocycles. The summed E-state index contributed by atoms with van der Waals surface area (Å²) in [6.45, 7) is 5.71. The van der Waals surface area contributed by atoms with E-state index in [-0.39, 0.29) is 36.6 Å². The average molecular weight is 381 g/mol. The molecule has 1 aliphatic rings. The number of piperidine rings is 1. The third-order valence-corrected chi connectivity index (χ3v) is 5.21. The Morgan fingerprint density at radius 2 is 1.92 bits per heavy atom. The molecule has 4 nitrogen and oxygen atoms in total. The van der Waals surface area contributed by atoms with E-state index in [1.165, 1.54) is 18.4 Å². The highest BCUT2D eigenvalue weighted by atomic mass is 35.5. The second kappa shape index (κ2) is 11.3. The predicted molar refractivity (Wildman–Crippen MR) is 109 cm³/mol. The number of aryl methyl sites for hydroxylation is 1. The molecule has 1 aromatic carbocycles. The Bertz CT molecular complexity index is 572. The molecule has 2 atom stereocenters. The molecular formula is C21H33ClN2O2. The summed E-state index contributed by atoms with van der Waals surface area (Å²) in [4.78, 5) is 26.6. The minimum atomic E-state index is 0. The fraction of sp³-hybridized carbons (Fsp3) is 0.619. The third kappa shape index (κ3) is 6.73. The van der Waals surface area contributed by atoms with Crippen LogP contribution in [0.4, 0.5) is 0 Å². The summed E-state index contributed by atoms with van der Waals surface area (Å²) in [7, 11) is 0. The van der Waals surface area contributed by atoms with Crippen molar-refractivity contribution < 1.29 is 9.59 Å². The number of nitrogens with zero attached hydrogens (tertiary/aromatic N) is 1. The molecule has 2 unspecified atom stereocenters. The van der Waals surface area contributed by atoms with E-state index in [1.54, 1.807) is 0 Å². The van der Waals surface area contributed by atoms with Crippen LogP contribution in [0.5, 0.6) is 0 Å². The number of rotatable bonds is 8. The second-order valence-electron chi connectivity index (χ2n) is 7.32. The smallest absolute Gasteiger partial charge is 0.223 e. The van der Waals surface area contributed by atoms with Gasteiger partial charge in [0.15, 0.2) is 5.78 Å². The number of carbonyl (C=O) groups excluding carboxylic acids is 2. The average Bonchev–Trinajstić information content (AvgIpc) is 2.64. The lowest BCUT2D eigenvalue weighted by Gasteiger charge is -2.34. The van der Waals surface area contributed by atoms with E-state index in [9.17, 15) is 9.59 Å². The van der Waals surface area contributed by atoms with Gasteiger partial charge in [-0.05, 0) is 44.1 Å². The van der Waals surface area contributed by atoms with Crippen molar-refractivity contribution in [3.05, 3.63) is 35.4 Å². The zero-order chi connectivity index (χ0) is 18.2. The summed E-state index contributed by atoms with van der Waals surface area (Å²) in [6.07, 6.45) is 6.06. The first kappa shape index (κ1) is 22.7. The maximum atomic E-state index is 12.4. The SMILES string of the molecule is CCCCc1ccc(C(=O)CCC(=O)N2CCCC(C(C)N)C2)cc1.Cl. The van der Waals surface area contributed by atoms with E-state index in [2.05, 4.69) is 6.92 Å². The fourth-order valence-corrected chi connectivity index (χ4v) is 3.43. The van der Waals surface area contributed by atoms with Gasteiger partial charge in [-0.3, -0.25) is 9.59 Å². The van der Waals surface area contributed by atoms with Crippen LogP contribution in [0.15, 0.2) is 24.3 Å². The van der Waals surface area contributed by atoms with E-state index >= 15 is 0 Å². The van der Waals surface area contributed by atoms with Crippen LogP contribution in [0.2, 0.25) is 0 Å². The van der Waals surface area contributed by atoms with Crippen molar-refractivity contribution in [1.82, 2.24) is 4.90 Å². The molecule has 1 aromatic rings.